The summed E-state index contributed by atoms with van der Waals surface area (Å²) in [6.07, 6.45) is 0. The summed E-state index contributed by atoms with van der Waals surface area (Å²) < 4.78 is 0.960. The molecule has 17 heavy (non-hydrogen) atoms. The van der Waals surface area contributed by atoms with Crippen LogP contribution in [0.2, 0.25) is 5.02 Å². The summed E-state index contributed by atoms with van der Waals surface area (Å²) in [5.74, 6) is 0.0114. The molecule has 0 aliphatic carbocycles. The number of hydrogen-bond donors (Lipinski definition) is 0. The maximum atomic E-state index is 12.2. The lowest BCUT2D eigenvalue weighted by molar-refractivity contribution is 0.103. The minimum atomic E-state index is 0.0114. The molecule has 0 radical (unpaired) electrons. The summed E-state index contributed by atoms with van der Waals surface area (Å²) in [5.41, 5.74) is 2.25. The zero-order valence-corrected chi connectivity index (χ0v) is 11.5. The van der Waals surface area contributed by atoms with Crippen LogP contribution in [0.4, 0.5) is 0 Å². The van der Waals surface area contributed by atoms with Crippen LogP contribution in [0.25, 0.3) is 0 Å². The molecule has 0 aromatic heterocycles. The molecule has 2 aromatic rings. The fourth-order valence-corrected chi connectivity index (χ4v) is 1.94. The van der Waals surface area contributed by atoms with Crippen molar-refractivity contribution < 1.29 is 4.79 Å². The second-order valence-electron chi connectivity index (χ2n) is 3.80. The van der Waals surface area contributed by atoms with Crippen LogP contribution in [-0.2, 0) is 0 Å². The van der Waals surface area contributed by atoms with E-state index in [1.54, 1.807) is 24.3 Å². The standard InChI is InChI=1S/C14H10BrClO/c1-9-8-11(4-7-13(9)16)14(17)10-2-5-12(15)6-3-10/h2-8H,1H3. The highest BCUT2D eigenvalue weighted by atomic mass is 79.9. The van der Waals surface area contributed by atoms with Gasteiger partial charge in [-0.1, -0.05) is 27.5 Å². The molecule has 0 spiro atoms. The van der Waals surface area contributed by atoms with Crippen LogP contribution in [0, 0.1) is 6.92 Å². The average molecular weight is 310 g/mol. The Morgan fingerprint density at radius 1 is 1.06 bits per heavy atom. The number of benzene rings is 2. The van der Waals surface area contributed by atoms with E-state index in [1.165, 1.54) is 0 Å². The fraction of sp³-hybridized carbons (Fsp3) is 0.0714. The Balaban J connectivity index is 2.37. The second-order valence-corrected chi connectivity index (χ2v) is 5.12. The molecule has 0 unspecified atom stereocenters. The molecular weight excluding hydrogens is 300 g/mol. The summed E-state index contributed by atoms with van der Waals surface area (Å²) >= 11 is 9.28. The van der Waals surface area contributed by atoms with Gasteiger partial charge in [0.1, 0.15) is 0 Å². The molecule has 0 aliphatic heterocycles. The third-order valence-corrected chi connectivity index (χ3v) is 3.48. The van der Waals surface area contributed by atoms with Gasteiger partial charge in [0.25, 0.3) is 0 Å². The maximum Gasteiger partial charge on any atom is 0.193 e. The molecule has 0 fully saturated rings. The first-order valence-corrected chi connectivity index (χ1v) is 6.31. The summed E-state index contributed by atoms with van der Waals surface area (Å²) in [7, 11) is 0. The lowest BCUT2D eigenvalue weighted by atomic mass is 10.0. The first-order chi connectivity index (χ1) is 8.08. The van der Waals surface area contributed by atoms with Gasteiger partial charge in [0, 0.05) is 20.6 Å². The van der Waals surface area contributed by atoms with Crippen molar-refractivity contribution in [1.82, 2.24) is 0 Å². The van der Waals surface area contributed by atoms with Crippen molar-refractivity contribution >= 4 is 33.3 Å². The Labute approximate surface area is 114 Å². The number of carbonyl (C=O) groups is 1. The summed E-state index contributed by atoms with van der Waals surface area (Å²) in [6.45, 7) is 1.89. The van der Waals surface area contributed by atoms with Gasteiger partial charge in [0.15, 0.2) is 5.78 Å². The van der Waals surface area contributed by atoms with Gasteiger partial charge in [0.2, 0.25) is 0 Å². The zero-order valence-electron chi connectivity index (χ0n) is 9.21. The Morgan fingerprint density at radius 2 is 1.65 bits per heavy atom. The third kappa shape index (κ3) is 2.76. The van der Waals surface area contributed by atoms with Gasteiger partial charge >= 0.3 is 0 Å². The summed E-state index contributed by atoms with van der Waals surface area (Å²) in [6, 6.07) is 12.6. The van der Waals surface area contributed by atoms with Crippen LogP contribution < -0.4 is 0 Å². The lowest BCUT2D eigenvalue weighted by Gasteiger charge is -2.04. The number of carbonyl (C=O) groups excluding carboxylic acids is 1. The smallest absolute Gasteiger partial charge is 0.193 e. The molecule has 0 aliphatic rings. The van der Waals surface area contributed by atoms with Gasteiger partial charge in [-0.3, -0.25) is 4.79 Å². The zero-order chi connectivity index (χ0) is 12.4. The van der Waals surface area contributed by atoms with E-state index in [-0.39, 0.29) is 5.78 Å². The van der Waals surface area contributed by atoms with Crippen LogP contribution in [0.1, 0.15) is 21.5 Å². The van der Waals surface area contributed by atoms with Crippen molar-refractivity contribution in [3.63, 3.8) is 0 Å². The third-order valence-electron chi connectivity index (χ3n) is 2.53. The number of aryl methyl sites for hydroxylation is 1. The average Bonchev–Trinajstić information content (AvgIpc) is 2.33. The van der Waals surface area contributed by atoms with E-state index in [9.17, 15) is 4.79 Å². The van der Waals surface area contributed by atoms with Crippen LogP contribution in [-0.4, -0.2) is 5.78 Å². The first kappa shape index (κ1) is 12.3. The quantitative estimate of drug-likeness (QED) is 0.738. The number of ketones is 1. The molecule has 0 saturated heterocycles. The topological polar surface area (TPSA) is 17.1 Å². The van der Waals surface area contributed by atoms with Crippen LogP contribution in [0.5, 0.6) is 0 Å². The van der Waals surface area contributed by atoms with E-state index in [0.29, 0.717) is 16.1 Å². The summed E-state index contributed by atoms with van der Waals surface area (Å²) in [4.78, 5) is 12.2. The van der Waals surface area contributed by atoms with Crippen LogP contribution in [0.3, 0.4) is 0 Å². The van der Waals surface area contributed by atoms with Crippen molar-refractivity contribution in [3.8, 4) is 0 Å². The molecule has 1 nitrogen and oxygen atoms in total. The molecule has 0 amide bonds. The Morgan fingerprint density at radius 3 is 2.24 bits per heavy atom. The van der Waals surface area contributed by atoms with Crippen molar-refractivity contribution in [1.29, 1.82) is 0 Å². The van der Waals surface area contributed by atoms with Gasteiger partial charge in [0.05, 0.1) is 0 Å². The largest absolute Gasteiger partial charge is 0.289 e. The molecule has 0 heterocycles. The highest BCUT2D eigenvalue weighted by molar-refractivity contribution is 9.10. The van der Waals surface area contributed by atoms with E-state index in [2.05, 4.69) is 15.9 Å². The molecule has 2 rings (SSSR count). The Bertz CT molecular complexity index is 561. The number of halogens is 2. The number of rotatable bonds is 2. The van der Waals surface area contributed by atoms with Crippen molar-refractivity contribution in [3.05, 3.63) is 68.7 Å². The van der Waals surface area contributed by atoms with Crippen LogP contribution in [0.15, 0.2) is 46.9 Å². The molecule has 86 valence electrons. The van der Waals surface area contributed by atoms with E-state index in [0.717, 1.165) is 10.0 Å². The van der Waals surface area contributed by atoms with Crippen molar-refractivity contribution in [2.75, 3.05) is 0 Å². The van der Waals surface area contributed by atoms with E-state index in [4.69, 9.17) is 11.6 Å². The molecule has 0 bridgehead atoms. The van der Waals surface area contributed by atoms with Gasteiger partial charge in [-0.25, -0.2) is 0 Å². The van der Waals surface area contributed by atoms with Gasteiger partial charge in [-0.2, -0.15) is 0 Å². The highest BCUT2D eigenvalue weighted by Gasteiger charge is 2.09. The molecule has 0 atom stereocenters. The van der Waals surface area contributed by atoms with E-state index in [1.807, 2.05) is 25.1 Å². The SMILES string of the molecule is Cc1cc(C(=O)c2ccc(Br)cc2)ccc1Cl. The predicted molar refractivity (Wildman–Crippen MR) is 73.8 cm³/mol. The van der Waals surface area contributed by atoms with Gasteiger partial charge in [-0.15, -0.1) is 0 Å². The number of hydrogen-bond acceptors (Lipinski definition) is 1. The molecule has 3 heteroatoms. The first-order valence-electron chi connectivity index (χ1n) is 5.14. The lowest BCUT2D eigenvalue weighted by Crippen LogP contribution is -2.01. The normalized spacial score (nSPS) is 10.3. The molecule has 0 N–H and O–H groups in total. The highest BCUT2D eigenvalue weighted by Crippen LogP contribution is 2.19. The molecule has 0 saturated carbocycles. The van der Waals surface area contributed by atoms with Crippen molar-refractivity contribution in [2.45, 2.75) is 6.92 Å². The van der Waals surface area contributed by atoms with E-state index < -0.39 is 0 Å². The van der Waals surface area contributed by atoms with E-state index >= 15 is 0 Å². The minimum Gasteiger partial charge on any atom is -0.289 e. The van der Waals surface area contributed by atoms with Crippen molar-refractivity contribution in [2.24, 2.45) is 0 Å². The fourth-order valence-electron chi connectivity index (χ4n) is 1.55. The second kappa shape index (κ2) is 5.03. The van der Waals surface area contributed by atoms with Gasteiger partial charge in [-0.05, 0) is 55.0 Å². The molecule has 2 aromatic carbocycles. The predicted octanol–water partition coefficient (Wildman–Crippen LogP) is 4.64. The van der Waals surface area contributed by atoms with Crippen LogP contribution >= 0.6 is 27.5 Å². The molecular formula is C14H10BrClO. The monoisotopic (exact) mass is 308 g/mol. The summed E-state index contributed by atoms with van der Waals surface area (Å²) in [5, 5.41) is 0.678. The minimum absolute atomic E-state index is 0.0114. The Hall–Kier alpha value is -1.12. The maximum absolute atomic E-state index is 12.2. The Kier molecular flexibility index (Phi) is 3.65. The van der Waals surface area contributed by atoms with Gasteiger partial charge < -0.3 is 0 Å².